The number of nitrogens with zero attached hydrogens (tertiary/aromatic N) is 5. The molecule has 1 amide bonds. The summed E-state index contributed by atoms with van der Waals surface area (Å²) in [6.45, 7) is 3.65. The minimum absolute atomic E-state index is 0.0182. The maximum Gasteiger partial charge on any atom is 0.220 e. The molecule has 2 fully saturated rings. The average molecular weight is 649 g/mol. The van der Waals surface area contributed by atoms with Crippen molar-refractivity contribution in [2.24, 2.45) is 0 Å². The van der Waals surface area contributed by atoms with Gasteiger partial charge in [0, 0.05) is 43.7 Å². The van der Waals surface area contributed by atoms with Gasteiger partial charge in [-0.05, 0) is 36.1 Å². The number of hydrogen-bond donors (Lipinski definition) is 5. The second-order valence-corrected chi connectivity index (χ2v) is 13.9. The Balaban J connectivity index is 1.20. The highest BCUT2D eigenvalue weighted by Crippen LogP contribution is 2.34. The molecule has 2 aromatic carbocycles. The van der Waals surface area contributed by atoms with Gasteiger partial charge in [0.2, 0.25) is 15.9 Å². The van der Waals surface area contributed by atoms with Gasteiger partial charge in [-0.15, -0.1) is 0 Å². The van der Waals surface area contributed by atoms with Crippen LogP contribution in [-0.4, -0.2) is 94.2 Å². The number of aliphatic hydroxyl groups is 2. The van der Waals surface area contributed by atoms with Gasteiger partial charge in [-0.1, -0.05) is 49.4 Å². The molecule has 0 spiro atoms. The maximum absolute atomic E-state index is 12.0. The maximum atomic E-state index is 12.0. The molecule has 13 nitrogen and oxygen atoms in total. The van der Waals surface area contributed by atoms with Crippen LogP contribution in [0.4, 0.5) is 11.5 Å². The first-order valence-electron chi connectivity index (χ1n) is 15.5. The van der Waals surface area contributed by atoms with Crippen LogP contribution in [0.25, 0.3) is 11.2 Å². The van der Waals surface area contributed by atoms with Crippen molar-refractivity contribution in [3.63, 3.8) is 0 Å². The van der Waals surface area contributed by atoms with Crippen LogP contribution in [0.2, 0.25) is 0 Å². The molecule has 6 rings (SSSR count). The molecule has 4 aromatic rings. The van der Waals surface area contributed by atoms with E-state index < -0.39 is 34.3 Å². The number of fused-ring (bicyclic) bond motifs is 1. The van der Waals surface area contributed by atoms with Crippen LogP contribution in [-0.2, 0) is 14.8 Å². The van der Waals surface area contributed by atoms with Crippen molar-refractivity contribution < 1.29 is 23.4 Å². The summed E-state index contributed by atoms with van der Waals surface area (Å²) in [5.74, 6) is 0.345. The molecule has 0 bridgehead atoms. The van der Waals surface area contributed by atoms with Crippen molar-refractivity contribution in [2.45, 2.75) is 62.4 Å². The lowest BCUT2D eigenvalue weighted by Gasteiger charge is -2.22. The Bertz CT molecular complexity index is 1770. The molecule has 6 atom stereocenters. The first-order valence-corrected chi connectivity index (χ1v) is 17.4. The smallest absolute Gasteiger partial charge is 0.220 e. The number of hydrogen-bond acceptors (Lipinski definition) is 10. The van der Waals surface area contributed by atoms with Gasteiger partial charge in [-0.2, -0.15) is 0 Å². The summed E-state index contributed by atoms with van der Waals surface area (Å²) in [6.07, 6.45) is 3.41. The van der Waals surface area contributed by atoms with E-state index in [0.717, 1.165) is 29.8 Å². The van der Waals surface area contributed by atoms with Crippen molar-refractivity contribution >= 4 is 38.6 Å². The Kier molecular flexibility index (Phi) is 9.22. The lowest BCUT2D eigenvalue weighted by Crippen LogP contribution is -2.42. The fraction of sp³-hybridized carbons (Fsp3) is 0.438. The van der Waals surface area contributed by atoms with Crippen molar-refractivity contribution in [3.8, 4) is 0 Å². The summed E-state index contributed by atoms with van der Waals surface area (Å²) in [5.41, 5.74) is 4.33. The van der Waals surface area contributed by atoms with Crippen molar-refractivity contribution in [3.05, 3.63) is 78.4 Å². The summed E-state index contributed by atoms with van der Waals surface area (Å²) < 4.78 is 27.8. The number of aliphatic hydroxyl groups excluding tert-OH is 2. The van der Waals surface area contributed by atoms with Gasteiger partial charge in [0.15, 0.2) is 11.5 Å². The highest BCUT2D eigenvalue weighted by atomic mass is 32.2. The topological polar surface area (TPSA) is 175 Å². The molecule has 14 heteroatoms. The van der Waals surface area contributed by atoms with Crippen molar-refractivity contribution in [2.75, 3.05) is 36.1 Å². The number of anilines is 2. The third kappa shape index (κ3) is 6.84. The van der Waals surface area contributed by atoms with E-state index in [2.05, 4.69) is 71.6 Å². The van der Waals surface area contributed by atoms with Gasteiger partial charge in [0.1, 0.15) is 24.1 Å². The van der Waals surface area contributed by atoms with Gasteiger partial charge >= 0.3 is 0 Å². The number of sulfonamides is 1. The van der Waals surface area contributed by atoms with Crippen LogP contribution < -0.4 is 20.3 Å². The molecule has 2 aliphatic rings. The largest absolute Gasteiger partial charge is 0.388 e. The highest BCUT2D eigenvalue weighted by molar-refractivity contribution is 7.88. The number of rotatable bonds is 11. The van der Waals surface area contributed by atoms with E-state index in [9.17, 15) is 23.4 Å². The fourth-order valence-electron chi connectivity index (χ4n) is 6.58. The molecule has 5 N–H and O–H groups in total. The molecule has 1 unspecified atom stereocenters. The number of aromatic nitrogens is 4. The summed E-state index contributed by atoms with van der Waals surface area (Å²) in [4.78, 5) is 27.7. The van der Waals surface area contributed by atoms with Crippen LogP contribution in [0.1, 0.15) is 49.3 Å². The van der Waals surface area contributed by atoms with Crippen molar-refractivity contribution in [1.29, 1.82) is 0 Å². The predicted octanol–water partition coefficient (Wildman–Crippen LogP) is 1.76. The van der Waals surface area contributed by atoms with Gasteiger partial charge in [-0.3, -0.25) is 4.79 Å². The monoisotopic (exact) mass is 648 g/mol. The number of benzene rings is 2. The number of nitrogens with one attached hydrogen (secondary N) is 3. The van der Waals surface area contributed by atoms with E-state index in [0.29, 0.717) is 36.5 Å². The Morgan fingerprint density at radius 2 is 1.76 bits per heavy atom. The predicted molar refractivity (Wildman–Crippen MR) is 175 cm³/mol. The molecule has 46 heavy (non-hydrogen) atoms. The Morgan fingerprint density at radius 3 is 2.48 bits per heavy atom. The van der Waals surface area contributed by atoms with E-state index in [1.807, 2.05) is 18.2 Å². The first-order chi connectivity index (χ1) is 22.1. The summed E-state index contributed by atoms with van der Waals surface area (Å²) in [5, 5.41) is 27.7. The standard InChI is InChI=1S/C32H40N8O5S/c1-3-27(41)37-25-15-26(30(43)29(25)42)40-19-36-28-31(34-18-35-32(28)40)33-16-24(20-7-5-4-6-8-20)21-9-11-23(12-10-21)39-14-13-22(17-39)38-46(2,44)45/h4-12,18-19,22,24-26,29-30,38,42-43H,3,13-17H2,1-2H3,(H,37,41)(H,33,34,35)/t22-,24?,25-,26+,29+,30-/m0/s1. The molecule has 1 saturated carbocycles. The quantitative estimate of drug-likeness (QED) is 0.161. The number of amides is 1. The van der Waals surface area contributed by atoms with Crippen LogP contribution in [0.15, 0.2) is 67.3 Å². The highest BCUT2D eigenvalue weighted by Gasteiger charge is 2.43. The van der Waals surface area contributed by atoms with Crippen LogP contribution in [0.5, 0.6) is 0 Å². The summed E-state index contributed by atoms with van der Waals surface area (Å²) in [6, 6.07) is 17.4. The third-order valence-corrected chi connectivity index (χ3v) is 9.70. The van der Waals surface area contributed by atoms with E-state index in [1.54, 1.807) is 17.8 Å². The van der Waals surface area contributed by atoms with E-state index in [4.69, 9.17) is 0 Å². The van der Waals surface area contributed by atoms with Crippen LogP contribution in [0.3, 0.4) is 0 Å². The molecule has 1 aliphatic carbocycles. The van der Waals surface area contributed by atoms with Crippen molar-refractivity contribution in [1.82, 2.24) is 29.6 Å². The molecule has 2 aromatic heterocycles. The lowest BCUT2D eigenvalue weighted by molar-refractivity contribution is -0.122. The van der Waals surface area contributed by atoms with Gasteiger partial charge in [0.05, 0.1) is 24.7 Å². The minimum atomic E-state index is -3.25. The number of imidazole rings is 1. The molecule has 3 heterocycles. The van der Waals surface area contributed by atoms with Gasteiger partial charge in [0.25, 0.3) is 0 Å². The zero-order valence-corrected chi connectivity index (χ0v) is 26.6. The van der Waals surface area contributed by atoms with E-state index in [1.165, 1.54) is 12.6 Å². The van der Waals surface area contributed by atoms with E-state index in [-0.39, 0.29) is 24.3 Å². The van der Waals surface area contributed by atoms with Gasteiger partial charge < -0.3 is 30.3 Å². The molecule has 244 valence electrons. The lowest BCUT2D eigenvalue weighted by atomic mass is 9.91. The third-order valence-electron chi connectivity index (χ3n) is 8.94. The van der Waals surface area contributed by atoms with Crippen LogP contribution in [0, 0.1) is 0 Å². The van der Waals surface area contributed by atoms with E-state index >= 15 is 0 Å². The Morgan fingerprint density at radius 1 is 1.02 bits per heavy atom. The normalized spacial score (nSPS) is 23.9. The zero-order chi connectivity index (χ0) is 32.4. The fourth-order valence-corrected chi connectivity index (χ4v) is 7.38. The minimum Gasteiger partial charge on any atom is -0.388 e. The summed E-state index contributed by atoms with van der Waals surface area (Å²) >= 11 is 0. The molecular formula is C32H40N8O5S. The SMILES string of the molecule is CCC(=O)N[C@H]1C[C@@H](n2cnc3c(NCC(c4ccccc4)c4ccc(N5CC[C@H](NS(C)(=O)=O)C5)cc4)ncnc32)[C@H](O)[C@@H]1O. The second-order valence-electron chi connectivity index (χ2n) is 12.1. The zero-order valence-electron chi connectivity index (χ0n) is 25.8. The Hall–Kier alpha value is -4.11. The van der Waals surface area contributed by atoms with Gasteiger partial charge in [-0.25, -0.2) is 28.1 Å². The molecular weight excluding hydrogens is 608 g/mol. The average Bonchev–Trinajstić information content (AvgIpc) is 3.76. The molecule has 1 saturated heterocycles. The number of carbonyl (C=O) groups excluding carboxylic acids is 1. The first kappa shape index (κ1) is 31.9. The Labute approximate surface area is 268 Å². The van der Waals surface area contributed by atoms with Crippen LogP contribution >= 0.6 is 0 Å². The summed E-state index contributed by atoms with van der Waals surface area (Å²) in [7, 11) is -3.25. The molecule has 0 radical (unpaired) electrons. The number of carbonyl (C=O) groups is 1. The second kappa shape index (κ2) is 13.3. The molecule has 1 aliphatic heterocycles.